The van der Waals surface area contributed by atoms with E-state index in [1.54, 1.807) is 0 Å². The maximum Gasteiger partial charge on any atom is 0.148 e. The summed E-state index contributed by atoms with van der Waals surface area (Å²) < 4.78 is 0. The van der Waals surface area contributed by atoms with E-state index in [9.17, 15) is 5.26 Å². The lowest BCUT2D eigenvalue weighted by Gasteiger charge is -2.15. The molecule has 0 amide bonds. The van der Waals surface area contributed by atoms with Crippen molar-refractivity contribution in [3.8, 4) is 6.07 Å². The molecule has 0 aliphatic rings. The Morgan fingerprint density at radius 1 is 0.641 bits per heavy atom. The Bertz CT molecular complexity index is 1140. The third-order valence-corrected chi connectivity index (χ3v) is 7.54. The monoisotopic (exact) mass is 524 g/mol. The summed E-state index contributed by atoms with van der Waals surface area (Å²) in [6.45, 7) is 6.49. The first-order valence-electron chi connectivity index (χ1n) is 15.3. The van der Waals surface area contributed by atoms with Crippen LogP contribution in [0.5, 0.6) is 0 Å². The summed E-state index contributed by atoms with van der Waals surface area (Å²) in [4.78, 5) is 4.60. The van der Waals surface area contributed by atoms with Gasteiger partial charge in [0.25, 0.3) is 0 Å². The second-order valence-electron chi connectivity index (χ2n) is 10.8. The van der Waals surface area contributed by atoms with Crippen LogP contribution in [0.1, 0.15) is 113 Å². The normalized spacial score (nSPS) is 10.8. The number of unbranched alkanes of at least 4 members (excludes halogenated alkanes) is 10. The molecule has 0 saturated carbocycles. The molecule has 39 heavy (non-hydrogen) atoms. The molecule has 1 heterocycles. The van der Waals surface area contributed by atoms with E-state index in [1.807, 2.05) is 13.1 Å². The van der Waals surface area contributed by atoms with Crippen LogP contribution < -0.4 is 10.6 Å². The van der Waals surface area contributed by atoms with E-state index in [4.69, 9.17) is 0 Å². The fraction of sp³-hybridized carbons (Fsp3) is 0.486. The van der Waals surface area contributed by atoms with Gasteiger partial charge in [-0.1, -0.05) is 102 Å². The minimum Gasteiger partial charge on any atom is -0.354 e. The Balaban J connectivity index is 1.53. The summed E-state index contributed by atoms with van der Waals surface area (Å²) in [5.74, 6) is 0.596. The Morgan fingerprint density at radius 2 is 1.10 bits per heavy atom. The smallest absolute Gasteiger partial charge is 0.148 e. The van der Waals surface area contributed by atoms with Crippen molar-refractivity contribution in [3.05, 3.63) is 77.0 Å². The highest BCUT2D eigenvalue weighted by Crippen LogP contribution is 2.28. The molecule has 3 aromatic rings. The minimum absolute atomic E-state index is 0.566. The van der Waals surface area contributed by atoms with Crippen LogP contribution in [0.2, 0.25) is 0 Å². The first-order chi connectivity index (χ1) is 19.1. The third kappa shape index (κ3) is 10.4. The highest BCUT2D eigenvalue weighted by atomic mass is 15.0. The van der Waals surface area contributed by atoms with Gasteiger partial charge in [0.15, 0.2) is 0 Å². The molecular weight excluding hydrogens is 476 g/mol. The molecule has 0 saturated heterocycles. The molecule has 3 rings (SSSR count). The van der Waals surface area contributed by atoms with E-state index in [-0.39, 0.29) is 0 Å². The van der Waals surface area contributed by atoms with Gasteiger partial charge in [-0.25, -0.2) is 4.98 Å². The van der Waals surface area contributed by atoms with E-state index in [0.29, 0.717) is 11.4 Å². The van der Waals surface area contributed by atoms with Crippen molar-refractivity contribution >= 4 is 22.9 Å². The Hall–Kier alpha value is -3.32. The summed E-state index contributed by atoms with van der Waals surface area (Å²) in [6.07, 6.45) is 19.9. The van der Waals surface area contributed by atoms with Crippen LogP contribution in [0, 0.1) is 18.3 Å². The second kappa shape index (κ2) is 17.3. The second-order valence-corrected chi connectivity index (χ2v) is 10.8. The average Bonchev–Trinajstić information content (AvgIpc) is 2.96. The van der Waals surface area contributed by atoms with E-state index in [0.717, 1.165) is 35.5 Å². The molecule has 0 spiro atoms. The molecule has 1 aromatic heterocycles. The number of anilines is 4. The van der Waals surface area contributed by atoms with Gasteiger partial charge < -0.3 is 10.6 Å². The zero-order valence-corrected chi connectivity index (χ0v) is 24.5. The maximum atomic E-state index is 9.92. The van der Waals surface area contributed by atoms with E-state index < -0.39 is 0 Å². The number of nitrogens with one attached hydrogen (secondary N) is 2. The Labute approximate surface area is 237 Å². The molecule has 208 valence electrons. The molecule has 2 aromatic carbocycles. The van der Waals surface area contributed by atoms with Crippen molar-refractivity contribution in [3.63, 3.8) is 0 Å². The molecule has 0 atom stereocenters. The SMILES string of the molecule is CCCCCCCCc1ccc(Nc2cnc(Nc3ccc(CCCCCCCC)cc3)c(C#N)c2C)cc1. The van der Waals surface area contributed by atoms with Crippen LogP contribution in [0.15, 0.2) is 54.7 Å². The van der Waals surface area contributed by atoms with Gasteiger partial charge in [0.2, 0.25) is 0 Å². The number of rotatable bonds is 18. The molecule has 0 unspecified atom stereocenters. The average molecular weight is 525 g/mol. The summed E-state index contributed by atoms with van der Waals surface area (Å²) in [6, 6.07) is 19.5. The topological polar surface area (TPSA) is 60.7 Å². The number of hydrogen-bond acceptors (Lipinski definition) is 4. The van der Waals surface area contributed by atoms with Gasteiger partial charge >= 0.3 is 0 Å². The van der Waals surface area contributed by atoms with E-state index in [2.05, 4.69) is 84.1 Å². The standard InChI is InChI=1S/C35H48N4/c1-4-6-8-10-12-14-16-29-18-22-31(23-19-29)38-34-27-37-35(33(26-36)28(34)3)39-32-24-20-30(21-25-32)17-15-13-11-9-7-5-2/h18-25,27,38H,4-17H2,1-3H3,(H,37,39). The first kappa shape index (κ1) is 30.2. The number of hydrogen-bond donors (Lipinski definition) is 2. The zero-order chi connectivity index (χ0) is 27.7. The quantitative estimate of drug-likeness (QED) is 0.162. The van der Waals surface area contributed by atoms with Crippen molar-refractivity contribution in [2.24, 2.45) is 0 Å². The van der Waals surface area contributed by atoms with Gasteiger partial charge in [-0.05, 0) is 73.6 Å². The molecule has 0 radical (unpaired) electrons. The van der Waals surface area contributed by atoms with Gasteiger partial charge in [-0.2, -0.15) is 5.26 Å². The minimum atomic E-state index is 0.566. The van der Waals surface area contributed by atoms with Crippen molar-refractivity contribution in [1.29, 1.82) is 5.26 Å². The number of pyridine rings is 1. The molecule has 4 nitrogen and oxygen atoms in total. The van der Waals surface area contributed by atoms with Crippen molar-refractivity contribution < 1.29 is 0 Å². The van der Waals surface area contributed by atoms with Gasteiger partial charge in [-0.15, -0.1) is 0 Å². The summed E-state index contributed by atoms with van der Waals surface area (Å²) in [7, 11) is 0. The van der Waals surface area contributed by atoms with E-state index in [1.165, 1.54) is 88.2 Å². The van der Waals surface area contributed by atoms with Gasteiger partial charge in [0, 0.05) is 11.4 Å². The van der Waals surface area contributed by atoms with E-state index >= 15 is 0 Å². The maximum absolute atomic E-state index is 9.92. The predicted molar refractivity (Wildman–Crippen MR) is 167 cm³/mol. The number of nitrogens with zero attached hydrogens (tertiary/aromatic N) is 2. The van der Waals surface area contributed by atoms with Crippen LogP contribution >= 0.6 is 0 Å². The molecular formula is C35H48N4. The van der Waals surface area contributed by atoms with Crippen molar-refractivity contribution in [2.45, 2.75) is 111 Å². The summed E-state index contributed by atoms with van der Waals surface area (Å²) in [5, 5.41) is 16.7. The number of nitriles is 1. The molecule has 4 heteroatoms. The van der Waals surface area contributed by atoms with Gasteiger partial charge in [0.1, 0.15) is 11.9 Å². The third-order valence-electron chi connectivity index (χ3n) is 7.54. The van der Waals surface area contributed by atoms with Gasteiger partial charge in [-0.3, -0.25) is 0 Å². The lowest BCUT2D eigenvalue weighted by molar-refractivity contribution is 0.607. The summed E-state index contributed by atoms with van der Waals surface area (Å²) in [5.41, 5.74) is 7.01. The highest BCUT2D eigenvalue weighted by molar-refractivity contribution is 5.72. The zero-order valence-electron chi connectivity index (χ0n) is 24.5. The highest BCUT2D eigenvalue weighted by Gasteiger charge is 2.12. The summed E-state index contributed by atoms with van der Waals surface area (Å²) >= 11 is 0. The number of aromatic nitrogens is 1. The molecule has 0 aliphatic carbocycles. The number of benzene rings is 2. The van der Waals surface area contributed by atoms with Crippen LogP contribution in [0.25, 0.3) is 0 Å². The molecule has 0 fully saturated rings. The van der Waals surface area contributed by atoms with Crippen LogP contribution in [0.3, 0.4) is 0 Å². The number of aryl methyl sites for hydroxylation is 2. The predicted octanol–water partition coefficient (Wildman–Crippen LogP) is 10.6. The lowest BCUT2D eigenvalue weighted by atomic mass is 10.0. The van der Waals surface area contributed by atoms with Crippen LogP contribution in [-0.4, -0.2) is 4.98 Å². The van der Waals surface area contributed by atoms with Crippen LogP contribution in [0.4, 0.5) is 22.9 Å². The fourth-order valence-electron chi connectivity index (χ4n) is 4.98. The van der Waals surface area contributed by atoms with Gasteiger partial charge in [0.05, 0.1) is 17.4 Å². The Morgan fingerprint density at radius 3 is 1.59 bits per heavy atom. The van der Waals surface area contributed by atoms with Crippen molar-refractivity contribution in [1.82, 2.24) is 4.98 Å². The molecule has 0 aliphatic heterocycles. The first-order valence-corrected chi connectivity index (χ1v) is 15.3. The van der Waals surface area contributed by atoms with Crippen LogP contribution in [-0.2, 0) is 12.8 Å². The largest absolute Gasteiger partial charge is 0.354 e. The Kier molecular flexibility index (Phi) is 13.4. The fourth-order valence-corrected chi connectivity index (χ4v) is 4.98. The molecule has 0 bridgehead atoms. The lowest BCUT2D eigenvalue weighted by Crippen LogP contribution is -2.03. The van der Waals surface area contributed by atoms with Crippen molar-refractivity contribution in [2.75, 3.05) is 10.6 Å². The molecule has 2 N–H and O–H groups in total.